The van der Waals surface area contributed by atoms with E-state index in [0.717, 1.165) is 43.8 Å². The van der Waals surface area contributed by atoms with Gasteiger partial charge in [-0.25, -0.2) is 0 Å². The van der Waals surface area contributed by atoms with Crippen molar-refractivity contribution in [1.82, 2.24) is 15.0 Å². The van der Waals surface area contributed by atoms with Crippen molar-refractivity contribution in [3.05, 3.63) is 17.5 Å². The first-order valence-electron chi connectivity index (χ1n) is 8.77. The van der Waals surface area contributed by atoms with Gasteiger partial charge < -0.3 is 14.2 Å². The summed E-state index contributed by atoms with van der Waals surface area (Å²) >= 11 is 0. The summed E-state index contributed by atoms with van der Waals surface area (Å²) in [7, 11) is 3.61. The molecule has 6 heteroatoms. The third-order valence-corrected chi connectivity index (χ3v) is 5.35. The van der Waals surface area contributed by atoms with Crippen molar-refractivity contribution in [1.29, 1.82) is 0 Å². The van der Waals surface area contributed by atoms with Crippen molar-refractivity contribution in [3.8, 4) is 0 Å². The molecule has 0 bridgehead atoms. The molecule has 0 aromatic carbocycles. The summed E-state index contributed by atoms with van der Waals surface area (Å²) in [6.07, 6.45) is 3.51. The summed E-state index contributed by atoms with van der Waals surface area (Å²) in [6.45, 7) is 7.94. The third kappa shape index (κ3) is 3.22. The van der Waals surface area contributed by atoms with E-state index in [1.165, 1.54) is 0 Å². The molecule has 0 unspecified atom stereocenters. The van der Waals surface area contributed by atoms with Crippen LogP contribution in [0, 0.1) is 6.92 Å². The molecule has 2 saturated heterocycles. The van der Waals surface area contributed by atoms with Gasteiger partial charge in [0.2, 0.25) is 5.91 Å². The lowest BCUT2D eigenvalue weighted by molar-refractivity contribution is -0.134. The number of hydrogen-bond acceptors (Lipinski definition) is 5. The Morgan fingerprint density at radius 1 is 1.46 bits per heavy atom. The van der Waals surface area contributed by atoms with Crippen LogP contribution in [-0.4, -0.2) is 58.7 Å². The summed E-state index contributed by atoms with van der Waals surface area (Å²) in [5, 5.41) is 4.15. The average molecular weight is 335 g/mol. The number of hydrogen-bond donors (Lipinski definition) is 0. The van der Waals surface area contributed by atoms with E-state index in [1.54, 1.807) is 19.0 Å². The molecule has 1 aromatic heterocycles. The molecule has 2 fully saturated rings. The van der Waals surface area contributed by atoms with E-state index < -0.39 is 0 Å². The number of ether oxygens (including phenoxy) is 1. The van der Waals surface area contributed by atoms with Crippen molar-refractivity contribution in [2.75, 3.05) is 20.6 Å². The lowest BCUT2D eigenvalue weighted by atomic mass is 9.82. The van der Waals surface area contributed by atoms with E-state index in [-0.39, 0.29) is 23.2 Å². The van der Waals surface area contributed by atoms with Gasteiger partial charge in [0, 0.05) is 26.7 Å². The molecule has 6 nitrogen and oxygen atoms in total. The SMILES string of the molecule is Cc1cc(CN2CCC[C@]23CC(C)(C)O[C@H]3CC(=O)N(C)C)no1. The van der Waals surface area contributed by atoms with Crippen LogP contribution in [0.25, 0.3) is 0 Å². The number of amides is 1. The first-order valence-corrected chi connectivity index (χ1v) is 8.77. The van der Waals surface area contributed by atoms with Gasteiger partial charge in [-0.2, -0.15) is 0 Å². The van der Waals surface area contributed by atoms with E-state index in [1.807, 2.05) is 13.0 Å². The molecule has 0 N–H and O–H groups in total. The van der Waals surface area contributed by atoms with Crippen LogP contribution in [0.1, 0.15) is 51.0 Å². The quantitative estimate of drug-likeness (QED) is 0.845. The molecule has 2 atom stereocenters. The highest BCUT2D eigenvalue weighted by molar-refractivity contribution is 5.76. The van der Waals surface area contributed by atoms with Crippen molar-refractivity contribution in [2.24, 2.45) is 0 Å². The van der Waals surface area contributed by atoms with E-state index >= 15 is 0 Å². The Bertz CT molecular complexity index is 610. The molecule has 0 saturated carbocycles. The van der Waals surface area contributed by atoms with Gasteiger partial charge >= 0.3 is 0 Å². The normalized spacial score (nSPS) is 29.5. The second-order valence-electron chi connectivity index (χ2n) is 8.09. The number of nitrogens with zero attached hydrogens (tertiary/aromatic N) is 3. The second-order valence-corrected chi connectivity index (χ2v) is 8.09. The topological polar surface area (TPSA) is 58.8 Å². The molecule has 0 aliphatic carbocycles. The molecule has 3 rings (SSSR count). The van der Waals surface area contributed by atoms with Crippen molar-refractivity contribution < 1.29 is 14.1 Å². The van der Waals surface area contributed by atoms with Gasteiger partial charge in [0.15, 0.2) is 0 Å². The van der Waals surface area contributed by atoms with Crippen molar-refractivity contribution >= 4 is 5.91 Å². The van der Waals surface area contributed by atoms with Crippen molar-refractivity contribution in [3.63, 3.8) is 0 Å². The van der Waals surface area contributed by atoms with Crippen LogP contribution >= 0.6 is 0 Å². The molecule has 1 aromatic rings. The van der Waals surface area contributed by atoms with Crippen molar-refractivity contribution in [2.45, 2.75) is 70.2 Å². The summed E-state index contributed by atoms with van der Waals surface area (Å²) in [6, 6.07) is 1.99. The molecule has 2 aliphatic heterocycles. The fraction of sp³-hybridized carbons (Fsp3) is 0.778. The van der Waals surface area contributed by atoms with E-state index in [2.05, 4.69) is 23.9 Å². The van der Waals surface area contributed by atoms with Gasteiger partial charge in [0.1, 0.15) is 5.76 Å². The lowest BCUT2D eigenvalue weighted by Gasteiger charge is -2.38. The number of carbonyl (C=O) groups is 1. The summed E-state index contributed by atoms with van der Waals surface area (Å²) in [5.74, 6) is 0.960. The Balaban J connectivity index is 1.84. The largest absolute Gasteiger partial charge is 0.370 e. The Labute approximate surface area is 144 Å². The standard InChI is InChI=1S/C18H29N3O3/c1-13-9-14(19-24-13)11-21-8-6-7-18(21)12-17(2,3)23-15(18)10-16(22)20(4)5/h9,15H,6-8,10-12H2,1-5H3/t15-,18+/m0/s1. The predicted molar refractivity (Wildman–Crippen MR) is 90.5 cm³/mol. The van der Waals surface area contributed by atoms with Crippen LogP contribution in [0.4, 0.5) is 0 Å². The number of carbonyl (C=O) groups excluding carboxylic acids is 1. The Morgan fingerprint density at radius 3 is 2.83 bits per heavy atom. The molecule has 2 aliphatic rings. The number of aryl methyl sites for hydroxylation is 1. The van der Waals surface area contributed by atoms with E-state index in [9.17, 15) is 4.79 Å². The first-order chi connectivity index (χ1) is 11.2. The molecular weight excluding hydrogens is 306 g/mol. The predicted octanol–water partition coefficient (Wildman–Crippen LogP) is 2.36. The van der Waals surface area contributed by atoms with Crippen LogP contribution in [0.15, 0.2) is 10.6 Å². The Morgan fingerprint density at radius 2 is 2.21 bits per heavy atom. The molecule has 134 valence electrons. The van der Waals surface area contributed by atoms with Gasteiger partial charge in [-0.15, -0.1) is 0 Å². The summed E-state index contributed by atoms with van der Waals surface area (Å²) in [5.41, 5.74) is 0.665. The number of aromatic nitrogens is 1. The third-order valence-electron chi connectivity index (χ3n) is 5.35. The maximum atomic E-state index is 12.3. The van der Waals surface area contributed by atoms with Gasteiger partial charge in [0.25, 0.3) is 0 Å². The zero-order valence-electron chi connectivity index (χ0n) is 15.5. The average Bonchev–Trinajstić information content (AvgIpc) is 3.11. The Kier molecular flexibility index (Phi) is 4.47. The smallest absolute Gasteiger partial charge is 0.224 e. The number of likely N-dealkylation sites (tertiary alicyclic amines) is 1. The highest BCUT2D eigenvalue weighted by Crippen LogP contribution is 2.49. The first kappa shape index (κ1) is 17.4. The van der Waals surface area contributed by atoms with Gasteiger partial charge in [-0.1, -0.05) is 5.16 Å². The maximum Gasteiger partial charge on any atom is 0.224 e. The zero-order valence-corrected chi connectivity index (χ0v) is 15.5. The zero-order chi connectivity index (χ0) is 17.5. The van der Waals surface area contributed by atoms with Gasteiger partial charge in [0.05, 0.1) is 29.4 Å². The fourth-order valence-electron chi connectivity index (χ4n) is 4.41. The molecule has 24 heavy (non-hydrogen) atoms. The minimum Gasteiger partial charge on any atom is -0.370 e. The summed E-state index contributed by atoms with van der Waals surface area (Å²) in [4.78, 5) is 16.4. The van der Waals surface area contributed by atoms with Crippen LogP contribution in [0.5, 0.6) is 0 Å². The van der Waals surface area contributed by atoms with Crippen LogP contribution in [0.2, 0.25) is 0 Å². The highest BCUT2D eigenvalue weighted by Gasteiger charge is 2.57. The monoisotopic (exact) mass is 335 g/mol. The van der Waals surface area contributed by atoms with E-state index in [4.69, 9.17) is 9.26 Å². The molecule has 0 radical (unpaired) electrons. The molecular formula is C18H29N3O3. The molecule has 3 heterocycles. The van der Waals surface area contributed by atoms with Crippen LogP contribution in [-0.2, 0) is 16.1 Å². The lowest BCUT2D eigenvalue weighted by Crippen LogP contribution is -2.51. The van der Waals surface area contributed by atoms with Gasteiger partial charge in [-0.3, -0.25) is 9.69 Å². The summed E-state index contributed by atoms with van der Waals surface area (Å²) < 4.78 is 11.6. The minimum atomic E-state index is -0.209. The highest BCUT2D eigenvalue weighted by atomic mass is 16.5. The molecule has 1 spiro atoms. The minimum absolute atomic E-state index is 0.0714. The van der Waals surface area contributed by atoms with Crippen LogP contribution in [0.3, 0.4) is 0 Å². The number of rotatable bonds is 4. The fourth-order valence-corrected chi connectivity index (χ4v) is 4.41. The maximum absolute atomic E-state index is 12.3. The molecule has 1 amide bonds. The second kappa shape index (κ2) is 6.15. The van der Waals surface area contributed by atoms with Crippen LogP contribution < -0.4 is 0 Å². The van der Waals surface area contributed by atoms with Gasteiger partial charge in [-0.05, 0) is 46.6 Å². The van der Waals surface area contributed by atoms with E-state index in [0.29, 0.717) is 6.42 Å². The Hall–Kier alpha value is -1.40.